The first kappa shape index (κ1) is 15.4. The Morgan fingerprint density at radius 1 is 1.25 bits per heavy atom. The molecule has 0 N–H and O–H groups in total. The summed E-state index contributed by atoms with van der Waals surface area (Å²) in [5.41, 5.74) is 0. The first-order valence-electron chi connectivity index (χ1n) is 5.81. The van der Waals surface area contributed by atoms with Crippen LogP contribution in [-0.2, 0) is 19.4 Å². The van der Waals surface area contributed by atoms with Gasteiger partial charge in [0.1, 0.15) is 0 Å². The third-order valence-electron chi connectivity index (χ3n) is 2.63. The van der Waals surface area contributed by atoms with E-state index >= 15 is 0 Å². The lowest BCUT2D eigenvalue weighted by molar-refractivity contribution is -0.142. The predicted molar refractivity (Wildman–Crippen MR) is 64.0 cm³/mol. The molecule has 4 nitrogen and oxygen atoms in total. The fraction of sp³-hybridized carbons (Fsp3) is 0.909. The maximum atomic E-state index is 12.1. The summed E-state index contributed by atoms with van der Waals surface area (Å²) in [6.07, 6.45) is 1.51. The number of rotatable bonds is 7. The molecule has 0 aromatic heterocycles. The molecule has 0 amide bonds. The van der Waals surface area contributed by atoms with E-state index in [9.17, 15) is 13.2 Å². The standard InChI is InChI=1S/C11H22O4S/c1-5-8-10(11(12)15-7-3)16(13,14)9(4)6-2/h9-10H,5-8H2,1-4H3. The minimum atomic E-state index is -3.41. The van der Waals surface area contributed by atoms with Gasteiger partial charge in [0.05, 0.1) is 11.9 Å². The topological polar surface area (TPSA) is 60.4 Å². The molecule has 0 aliphatic rings. The quantitative estimate of drug-likeness (QED) is 0.648. The summed E-state index contributed by atoms with van der Waals surface area (Å²) in [7, 11) is -3.41. The van der Waals surface area contributed by atoms with Crippen LogP contribution >= 0.6 is 0 Å². The molecule has 0 spiro atoms. The fourth-order valence-electron chi connectivity index (χ4n) is 1.43. The van der Waals surface area contributed by atoms with Crippen LogP contribution < -0.4 is 0 Å². The Bertz CT molecular complexity index is 308. The van der Waals surface area contributed by atoms with Crippen LogP contribution in [0.1, 0.15) is 47.0 Å². The van der Waals surface area contributed by atoms with Crippen molar-refractivity contribution in [2.45, 2.75) is 57.5 Å². The van der Waals surface area contributed by atoms with Crippen molar-refractivity contribution in [2.75, 3.05) is 6.61 Å². The minimum Gasteiger partial charge on any atom is -0.465 e. The lowest BCUT2D eigenvalue weighted by Gasteiger charge is -2.19. The van der Waals surface area contributed by atoms with Crippen molar-refractivity contribution in [3.63, 3.8) is 0 Å². The highest BCUT2D eigenvalue weighted by atomic mass is 32.2. The van der Waals surface area contributed by atoms with Gasteiger partial charge in [0.2, 0.25) is 0 Å². The third kappa shape index (κ3) is 3.77. The van der Waals surface area contributed by atoms with Gasteiger partial charge < -0.3 is 4.74 Å². The van der Waals surface area contributed by atoms with Crippen molar-refractivity contribution in [1.29, 1.82) is 0 Å². The largest absolute Gasteiger partial charge is 0.465 e. The third-order valence-corrected chi connectivity index (χ3v) is 5.31. The summed E-state index contributed by atoms with van der Waals surface area (Å²) in [5.74, 6) is -0.607. The van der Waals surface area contributed by atoms with Crippen molar-refractivity contribution in [3.8, 4) is 0 Å². The highest BCUT2D eigenvalue weighted by molar-refractivity contribution is 7.93. The van der Waals surface area contributed by atoms with Crippen molar-refractivity contribution in [2.24, 2.45) is 0 Å². The SMILES string of the molecule is CCCC(C(=O)OCC)S(=O)(=O)C(C)CC. The molecule has 2 unspecified atom stereocenters. The molecule has 96 valence electrons. The normalized spacial score (nSPS) is 15.5. The van der Waals surface area contributed by atoms with Gasteiger partial charge in [-0.3, -0.25) is 4.79 Å². The van der Waals surface area contributed by atoms with E-state index in [0.29, 0.717) is 19.3 Å². The van der Waals surface area contributed by atoms with Gasteiger partial charge in [-0.05, 0) is 26.7 Å². The van der Waals surface area contributed by atoms with Crippen molar-refractivity contribution in [1.82, 2.24) is 0 Å². The Balaban J connectivity index is 4.97. The maximum absolute atomic E-state index is 12.1. The van der Waals surface area contributed by atoms with Gasteiger partial charge in [-0.25, -0.2) is 8.42 Å². The van der Waals surface area contributed by atoms with Gasteiger partial charge in [-0.2, -0.15) is 0 Å². The summed E-state index contributed by atoms with van der Waals surface area (Å²) in [5, 5.41) is -1.49. The Morgan fingerprint density at radius 3 is 2.19 bits per heavy atom. The van der Waals surface area contributed by atoms with Gasteiger partial charge in [0.15, 0.2) is 15.1 Å². The monoisotopic (exact) mass is 250 g/mol. The molecular weight excluding hydrogens is 228 g/mol. The Labute approximate surface area is 98.3 Å². The molecular formula is C11H22O4S. The van der Waals surface area contributed by atoms with Gasteiger partial charge in [0.25, 0.3) is 0 Å². The summed E-state index contributed by atoms with van der Waals surface area (Å²) in [6.45, 7) is 7.19. The number of carbonyl (C=O) groups excluding carboxylic acids is 1. The Kier molecular flexibility index (Phi) is 6.64. The zero-order valence-corrected chi connectivity index (χ0v) is 11.3. The van der Waals surface area contributed by atoms with Crippen molar-refractivity contribution < 1.29 is 17.9 Å². The van der Waals surface area contributed by atoms with E-state index in [4.69, 9.17) is 4.74 Å². The smallest absolute Gasteiger partial charge is 0.324 e. The summed E-state index contributed by atoms with van der Waals surface area (Å²) in [6, 6.07) is 0. The number of hydrogen-bond acceptors (Lipinski definition) is 4. The van der Waals surface area contributed by atoms with Gasteiger partial charge in [0, 0.05) is 0 Å². The molecule has 0 saturated carbocycles. The average molecular weight is 250 g/mol. The zero-order chi connectivity index (χ0) is 12.8. The van der Waals surface area contributed by atoms with Crippen LogP contribution in [0.15, 0.2) is 0 Å². The van der Waals surface area contributed by atoms with Crippen LogP contribution in [0.5, 0.6) is 0 Å². The first-order valence-corrected chi connectivity index (χ1v) is 7.41. The van der Waals surface area contributed by atoms with E-state index in [1.807, 2.05) is 6.92 Å². The number of ether oxygens (including phenoxy) is 1. The highest BCUT2D eigenvalue weighted by Gasteiger charge is 2.36. The highest BCUT2D eigenvalue weighted by Crippen LogP contribution is 2.18. The number of sulfone groups is 1. The second-order valence-electron chi connectivity index (χ2n) is 3.84. The molecule has 0 aliphatic carbocycles. The van der Waals surface area contributed by atoms with Crippen LogP contribution in [0.4, 0.5) is 0 Å². The molecule has 0 aromatic carbocycles. The summed E-state index contributed by atoms with van der Waals surface area (Å²) >= 11 is 0. The van der Waals surface area contributed by atoms with E-state index in [0.717, 1.165) is 0 Å². The predicted octanol–water partition coefficient (Wildman–Crippen LogP) is 1.93. The van der Waals surface area contributed by atoms with Gasteiger partial charge in [-0.1, -0.05) is 20.3 Å². The molecule has 0 radical (unpaired) electrons. The zero-order valence-electron chi connectivity index (χ0n) is 10.5. The van der Waals surface area contributed by atoms with E-state index in [2.05, 4.69) is 0 Å². The van der Waals surface area contributed by atoms with Crippen LogP contribution in [0.25, 0.3) is 0 Å². The Hall–Kier alpha value is -0.580. The first-order chi connectivity index (χ1) is 7.41. The van der Waals surface area contributed by atoms with Gasteiger partial charge in [-0.15, -0.1) is 0 Å². The van der Waals surface area contributed by atoms with Crippen molar-refractivity contribution in [3.05, 3.63) is 0 Å². The van der Waals surface area contributed by atoms with Crippen molar-refractivity contribution >= 4 is 15.8 Å². The van der Waals surface area contributed by atoms with E-state index in [1.54, 1.807) is 20.8 Å². The molecule has 5 heteroatoms. The molecule has 0 bridgehead atoms. The molecule has 0 aliphatic heterocycles. The summed E-state index contributed by atoms with van der Waals surface area (Å²) in [4.78, 5) is 11.6. The van der Waals surface area contributed by atoms with E-state index in [-0.39, 0.29) is 6.61 Å². The lowest BCUT2D eigenvalue weighted by Crippen LogP contribution is -2.37. The maximum Gasteiger partial charge on any atom is 0.324 e. The summed E-state index contributed by atoms with van der Waals surface area (Å²) < 4.78 is 29.0. The van der Waals surface area contributed by atoms with E-state index in [1.165, 1.54) is 0 Å². The molecule has 0 fully saturated rings. The van der Waals surface area contributed by atoms with Crippen LogP contribution in [0.2, 0.25) is 0 Å². The van der Waals surface area contributed by atoms with Gasteiger partial charge >= 0.3 is 5.97 Å². The van der Waals surface area contributed by atoms with Crippen LogP contribution in [0, 0.1) is 0 Å². The Morgan fingerprint density at radius 2 is 1.81 bits per heavy atom. The number of carbonyl (C=O) groups is 1. The second-order valence-corrected chi connectivity index (χ2v) is 6.39. The molecule has 16 heavy (non-hydrogen) atoms. The minimum absolute atomic E-state index is 0.217. The second kappa shape index (κ2) is 6.89. The van der Waals surface area contributed by atoms with E-state index < -0.39 is 26.3 Å². The molecule has 0 aromatic rings. The number of esters is 1. The van der Waals surface area contributed by atoms with Crippen LogP contribution in [-0.4, -0.2) is 31.5 Å². The van der Waals surface area contributed by atoms with Crippen LogP contribution in [0.3, 0.4) is 0 Å². The number of hydrogen-bond donors (Lipinski definition) is 0. The lowest BCUT2D eigenvalue weighted by atomic mass is 10.2. The average Bonchev–Trinajstić information content (AvgIpc) is 2.24. The molecule has 0 heterocycles. The fourth-order valence-corrected chi connectivity index (χ4v) is 3.35. The molecule has 2 atom stereocenters. The molecule has 0 rings (SSSR count). The molecule has 0 saturated heterocycles.